The smallest absolute Gasteiger partial charge is 0.280 e. The molecule has 0 aliphatic rings. The van der Waals surface area contributed by atoms with Crippen LogP contribution in [0.3, 0.4) is 0 Å². The number of amides is 1. The van der Waals surface area contributed by atoms with Gasteiger partial charge >= 0.3 is 0 Å². The van der Waals surface area contributed by atoms with Gasteiger partial charge in [0.1, 0.15) is 17.2 Å². The van der Waals surface area contributed by atoms with E-state index in [4.69, 9.17) is 9.94 Å². The number of pyridine rings is 2. The Hall–Kier alpha value is -3.30. The molecule has 0 aliphatic carbocycles. The van der Waals surface area contributed by atoms with Crippen LogP contribution < -0.4 is 16.4 Å². The molecule has 0 saturated carbocycles. The predicted molar refractivity (Wildman–Crippen MR) is 102 cm³/mol. The van der Waals surface area contributed by atoms with Crippen LogP contribution in [0.5, 0.6) is 0 Å². The number of nitrogens with one attached hydrogen (secondary N) is 2. The topological polar surface area (TPSA) is 105 Å². The van der Waals surface area contributed by atoms with Crippen molar-refractivity contribution in [2.24, 2.45) is 7.05 Å². The molecule has 2 aromatic heterocycles. The highest BCUT2D eigenvalue weighted by atomic mass is 19.1. The van der Waals surface area contributed by atoms with E-state index in [1.165, 1.54) is 29.9 Å². The standard InChI is InChI=1S/C19H19FN4O4/c1-11-5-6-14(13(20)10-11)22-17-15(18(26)23-28-9-8-25)16-12(4-3-7-21-16)19(27)24(17)2/h3-7,10,22,25H,8-9H2,1-2H3,(H,23,26). The first-order valence-electron chi connectivity index (χ1n) is 8.48. The third-order valence-corrected chi connectivity index (χ3v) is 4.11. The Balaban J connectivity index is 2.19. The van der Waals surface area contributed by atoms with Crippen molar-refractivity contribution < 1.29 is 19.1 Å². The van der Waals surface area contributed by atoms with Crippen LogP contribution in [-0.2, 0) is 11.9 Å². The van der Waals surface area contributed by atoms with E-state index in [0.29, 0.717) is 0 Å². The Labute approximate surface area is 159 Å². The van der Waals surface area contributed by atoms with Crippen LogP contribution >= 0.6 is 0 Å². The maximum atomic E-state index is 14.3. The van der Waals surface area contributed by atoms with Crippen molar-refractivity contribution in [1.29, 1.82) is 0 Å². The van der Waals surface area contributed by atoms with Gasteiger partial charge < -0.3 is 10.4 Å². The van der Waals surface area contributed by atoms with Crippen molar-refractivity contribution in [2.75, 3.05) is 18.5 Å². The summed E-state index contributed by atoms with van der Waals surface area (Å²) in [5.41, 5.74) is 2.78. The van der Waals surface area contributed by atoms with E-state index >= 15 is 0 Å². The second-order valence-electron chi connectivity index (χ2n) is 6.10. The van der Waals surface area contributed by atoms with Gasteiger partial charge in [-0.15, -0.1) is 0 Å². The summed E-state index contributed by atoms with van der Waals surface area (Å²) in [6, 6.07) is 7.69. The number of carbonyl (C=O) groups excluding carboxylic acids is 1. The van der Waals surface area contributed by atoms with Crippen molar-refractivity contribution in [2.45, 2.75) is 6.92 Å². The van der Waals surface area contributed by atoms with Gasteiger partial charge in [0.15, 0.2) is 0 Å². The van der Waals surface area contributed by atoms with Gasteiger partial charge in [-0.25, -0.2) is 9.87 Å². The van der Waals surface area contributed by atoms with E-state index in [1.807, 2.05) is 0 Å². The van der Waals surface area contributed by atoms with E-state index in [0.717, 1.165) is 5.56 Å². The SMILES string of the molecule is Cc1ccc(Nc2c(C(=O)NOCCO)c3ncccc3c(=O)n2C)c(F)c1. The minimum atomic E-state index is -0.692. The molecule has 0 unspecified atom stereocenters. The molecule has 1 amide bonds. The number of carbonyl (C=O) groups is 1. The molecule has 0 radical (unpaired) electrons. The van der Waals surface area contributed by atoms with Crippen molar-refractivity contribution in [3.63, 3.8) is 0 Å². The number of aryl methyl sites for hydroxylation is 1. The highest BCUT2D eigenvalue weighted by Crippen LogP contribution is 2.26. The molecule has 0 atom stereocenters. The first-order chi connectivity index (χ1) is 13.4. The van der Waals surface area contributed by atoms with Gasteiger partial charge in [0.05, 0.1) is 29.8 Å². The van der Waals surface area contributed by atoms with Gasteiger partial charge in [-0.1, -0.05) is 6.07 Å². The lowest BCUT2D eigenvalue weighted by molar-refractivity contribution is 0.0169. The number of halogens is 1. The van der Waals surface area contributed by atoms with Crippen molar-refractivity contribution in [3.8, 4) is 0 Å². The van der Waals surface area contributed by atoms with Gasteiger partial charge in [0.2, 0.25) is 0 Å². The van der Waals surface area contributed by atoms with Crippen LogP contribution in [0.15, 0.2) is 41.3 Å². The Bertz CT molecular complexity index is 1100. The number of benzene rings is 1. The summed E-state index contributed by atoms with van der Waals surface area (Å²) in [4.78, 5) is 34.5. The fourth-order valence-electron chi connectivity index (χ4n) is 2.76. The molecule has 0 aliphatic heterocycles. The number of hydrogen-bond donors (Lipinski definition) is 3. The number of rotatable bonds is 6. The number of aliphatic hydroxyl groups excluding tert-OH is 1. The molecule has 2 heterocycles. The maximum Gasteiger partial charge on any atom is 0.280 e. The zero-order chi connectivity index (χ0) is 20.3. The molecule has 8 nitrogen and oxygen atoms in total. The van der Waals surface area contributed by atoms with Gasteiger partial charge in [-0.2, -0.15) is 0 Å². The number of aromatic nitrogens is 2. The average molecular weight is 386 g/mol. The molecule has 3 rings (SSSR count). The molecular weight excluding hydrogens is 367 g/mol. The van der Waals surface area contributed by atoms with Gasteiger partial charge in [-0.05, 0) is 36.8 Å². The summed E-state index contributed by atoms with van der Waals surface area (Å²) in [6.07, 6.45) is 1.45. The van der Waals surface area contributed by atoms with E-state index in [1.54, 1.807) is 25.1 Å². The summed E-state index contributed by atoms with van der Waals surface area (Å²) in [5, 5.41) is 11.9. The number of hydroxylamine groups is 1. The summed E-state index contributed by atoms with van der Waals surface area (Å²) in [5.74, 6) is -1.16. The fourth-order valence-corrected chi connectivity index (χ4v) is 2.76. The van der Waals surface area contributed by atoms with E-state index in [-0.39, 0.29) is 41.2 Å². The largest absolute Gasteiger partial charge is 0.394 e. The first-order valence-corrected chi connectivity index (χ1v) is 8.48. The number of fused-ring (bicyclic) bond motifs is 1. The molecule has 9 heteroatoms. The van der Waals surface area contributed by atoms with Crippen LogP contribution in [0.4, 0.5) is 15.9 Å². The fraction of sp³-hybridized carbons (Fsp3) is 0.211. The number of nitrogens with zero attached hydrogens (tertiary/aromatic N) is 2. The number of anilines is 2. The molecular formula is C19H19FN4O4. The lowest BCUT2D eigenvalue weighted by atomic mass is 10.1. The highest BCUT2D eigenvalue weighted by molar-refractivity contribution is 6.09. The summed E-state index contributed by atoms with van der Waals surface area (Å²) in [7, 11) is 1.47. The third kappa shape index (κ3) is 3.71. The molecule has 0 saturated heterocycles. The number of aliphatic hydroxyl groups is 1. The first kappa shape index (κ1) is 19.5. The second-order valence-corrected chi connectivity index (χ2v) is 6.10. The quantitative estimate of drug-likeness (QED) is 0.441. The third-order valence-electron chi connectivity index (χ3n) is 4.11. The number of hydrogen-bond acceptors (Lipinski definition) is 6. The van der Waals surface area contributed by atoms with E-state index in [2.05, 4.69) is 15.8 Å². The van der Waals surface area contributed by atoms with Gasteiger partial charge in [0, 0.05) is 13.2 Å². The van der Waals surface area contributed by atoms with Crippen LogP contribution in [0.25, 0.3) is 10.9 Å². The summed E-state index contributed by atoms with van der Waals surface area (Å²) >= 11 is 0. The lowest BCUT2D eigenvalue weighted by Crippen LogP contribution is -2.30. The van der Waals surface area contributed by atoms with E-state index < -0.39 is 17.3 Å². The second kappa shape index (κ2) is 8.15. The molecule has 0 bridgehead atoms. The molecule has 3 aromatic rings. The Morgan fingerprint density at radius 2 is 2.14 bits per heavy atom. The molecule has 0 fully saturated rings. The zero-order valence-corrected chi connectivity index (χ0v) is 15.3. The molecule has 0 spiro atoms. The Morgan fingerprint density at radius 3 is 2.86 bits per heavy atom. The molecule has 3 N–H and O–H groups in total. The summed E-state index contributed by atoms with van der Waals surface area (Å²) < 4.78 is 15.6. The average Bonchev–Trinajstić information content (AvgIpc) is 2.68. The van der Waals surface area contributed by atoms with Crippen molar-refractivity contribution in [1.82, 2.24) is 15.0 Å². The monoisotopic (exact) mass is 386 g/mol. The highest BCUT2D eigenvalue weighted by Gasteiger charge is 2.23. The van der Waals surface area contributed by atoms with Crippen LogP contribution in [-0.4, -0.2) is 33.8 Å². The summed E-state index contributed by atoms with van der Waals surface area (Å²) in [6.45, 7) is 1.35. The van der Waals surface area contributed by atoms with Crippen molar-refractivity contribution in [3.05, 3.63) is 63.8 Å². The minimum Gasteiger partial charge on any atom is -0.394 e. The molecule has 28 heavy (non-hydrogen) atoms. The van der Waals surface area contributed by atoms with Crippen LogP contribution in [0, 0.1) is 12.7 Å². The minimum absolute atomic E-state index is 0.00983. The van der Waals surface area contributed by atoms with E-state index in [9.17, 15) is 14.0 Å². The lowest BCUT2D eigenvalue weighted by Gasteiger charge is -2.18. The maximum absolute atomic E-state index is 14.3. The van der Waals surface area contributed by atoms with Gasteiger partial charge in [0.25, 0.3) is 11.5 Å². The Kier molecular flexibility index (Phi) is 5.67. The molecule has 146 valence electrons. The van der Waals surface area contributed by atoms with Crippen LogP contribution in [0.2, 0.25) is 0 Å². The zero-order valence-electron chi connectivity index (χ0n) is 15.3. The van der Waals surface area contributed by atoms with Crippen LogP contribution in [0.1, 0.15) is 15.9 Å². The molecule has 1 aromatic carbocycles. The van der Waals surface area contributed by atoms with Gasteiger partial charge in [-0.3, -0.25) is 24.0 Å². The van der Waals surface area contributed by atoms with Crippen molar-refractivity contribution >= 4 is 28.3 Å². The normalized spacial score (nSPS) is 10.9. The Morgan fingerprint density at radius 1 is 1.36 bits per heavy atom. The predicted octanol–water partition coefficient (Wildman–Crippen LogP) is 1.78.